The molecule has 0 bridgehead atoms. The van der Waals surface area contributed by atoms with Crippen LogP contribution in [0.1, 0.15) is 11.5 Å². The Morgan fingerprint density at radius 1 is 1.14 bits per heavy atom. The lowest BCUT2D eigenvalue weighted by Gasteiger charge is -2.35. The van der Waals surface area contributed by atoms with E-state index in [0.29, 0.717) is 5.56 Å². The van der Waals surface area contributed by atoms with E-state index in [1.54, 1.807) is 30.3 Å². The van der Waals surface area contributed by atoms with Crippen molar-refractivity contribution in [3.63, 3.8) is 0 Å². The van der Waals surface area contributed by atoms with Gasteiger partial charge in [0.05, 0.1) is 48.3 Å². The first-order valence-electron chi connectivity index (χ1n) is 10.1. The van der Waals surface area contributed by atoms with Crippen molar-refractivity contribution in [3.8, 4) is 17.6 Å². The summed E-state index contributed by atoms with van der Waals surface area (Å²) in [5.74, 6) is -3.14. The summed E-state index contributed by atoms with van der Waals surface area (Å²) < 4.78 is 20.4. The van der Waals surface area contributed by atoms with Crippen LogP contribution in [0, 0.1) is 21.4 Å². The standard InChI is InChI=1S/C23H18N4O8/c1-32-22(28)19-18(12-6-4-3-5-7-12)13(10-24)21(25)26(20(19)23(29)33-2)14-8-16-17(35-11-34-16)9-15(14)27(30)31/h3-9,18H,11,25H2,1-2H3. The SMILES string of the molecule is COC(=O)C1=C(C(=O)OC)N(c2cc3c(cc2[N+](=O)[O-])OCO3)C(N)=C(C#N)C1c1ccccc1. The first-order valence-corrected chi connectivity index (χ1v) is 10.1. The van der Waals surface area contributed by atoms with Crippen LogP contribution in [-0.4, -0.2) is 37.9 Å². The number of fused-ring (bicyclic) bond motifs is 1. The van der Waals surface area contributed by atoms with Crippen LogP contribution in [0.5, 0.6) is 11.5 Å². The van der Waals surface area contributed by atoms with Crippen molar-refractivity contribution in [3.05, 3.63) is 80.8 Å². The number of hydrogen-bond acceptors (Lipinski definition) is 11. The third-order valence-electron chi connectivity index (χ3n) is 5.52. The molecule has 0 amide bonds. The Kier molecular flexibility index (Phi) is 5.99. The average Bonchev–Trinajstić information content (AvgIpc) is 3.34. The molecule has 2 aliphatic rings. The molecule has 2 aliphatic heterocycles. The number of hydrogen-bond donors (Lipinski definition) is 1. The molecule has 2 aromatic rings. The summed E-state index contributed by atoms with van der Waals surface area (Å²) >= 11 is 0. The van der Waals surface area contributed by atoms with Crippen LogP contribution in [0.2, 0.25) is 0 Å². The van der Waals surface area contributed by atoms with E-state index < -0.39 is 34.2 Å². The van der Waals surface area contributed by atoms with Gasteiger partial charge in [0, 0.05) is 6.07 Å². The minimum Gasteiger partial charge on any atom is -0.466 e. The molecule has 1 atom stereocenters. The Bertz CT molecular complexity index is 1340. The van der Waals surface area contributed by atoms with E-state index >= 15 is 0 Å². The summed E-state index contributed by atoms with van der Waals surface area (Å²) in [4.78, 5) is 38.4. The molecular formula is C23H18N4O8. The third kappa shape index (κ3) is 3.74. The van der Waals surface area contributed by atoms with Crippen molar-refractivity contribution in [1.82, 2.24) is 0 Å². The van der Waals surface area contributed by atoms with Crippen molar-refractivity contribution < 1.29 is 33.5 Å². The van der Waals surface area contributed by atoms with Gasteiger partial charge in [-0.25, -0.2) is 9.59 Å². The number of benzene rings is 2. The lowest BCUT2D eigenvalue weighted by atomic mass is 9.81. The summed E-state index contributed by atoms with van der Waals surface area (Å²) in [5, 5.41) is 22.0. The molecule has 2 heterocycles. The molecule has 0 spiro atoms. The van der Waals surface area contributed by atoms with E-state index in [0.717, 1.165) is 25.2 Å². The van der Waals surface area contributed by atoms with Gasteiger partial charge in [-0.2, -0.15) is 5.26 Å². The van der Waals surface area contributed by atoms with Crippen LogP contribution < -0.4 is 20.1 Å². The number of ether oxygens (including phenoxy) is 4. The number of rotatable bonds is 5. The first kappa shape index (κ1) is 23.1. The summed E-state index contributed by atoms with van der Waals surface area (Å²) in [5.41, 5.74) is 5.26. The third-order valence-corrected chi connectivity index (χ3v) is 5.52. The normalized spacial score (nSPS) is 16.6. The summed E-state index contributed by atoms with van der Waals surface area (Å²) in [6.45, 7) is -0.173. The molecule has 0 aromatic heterocycles. The first-order chi connectivity index (χ1) is 16.8. The highest BCUT2D eigenvalue weighted by Gasteiger charge is 2.45. The summed E-state index contributed by atoms with van der Waals surface area (Å²) in [6, 6.07) is 12.7. The fourth-order valence-electron chi connectivity index (χ4n) is 4.01. The van der Waals surface area contributed by atoms with Crippen molar-refractivity contribution in [2.24, 2.45) is 5.73 Å². The minimum atomic E-state index is -1.10. The number of methoxy groups -OCH3 is 2. The predicted molar refractivity (Wildman–Crippen MR) is 119 cm³/mol. The monoisotopic (exact) mass is 478 g/mol. The van der Waals surface area contributed by atoms with Crippen molar-refractivity contribution >= 4 is 23.3 Å². The number of nitrogens with two attached hydrogens (primary N) is 1. The second-order valence-electron chi connectivity index (χ2n) is 7.29. The quantitative estimate of drug-likeness (QED) is 0.380. The Labute approximate surface area is 198 Å². The van der Waals surface area contributed by atoms with Gasteiger partial charge in [-0.05, 0) is 5.56 Å². The van der Waals surface area contributed by atoms with E-state index in [1.807, 2.05) is 6.07 Å². The Balaban J connectivity index is 2.11. The van der Waals surface area contributed by atoms with Gasteiger partial charge in [0.1, 0.15) is 17.2 Å². The van der Waals surface area contributed by atoms with Crippen LogP contribution >= 0.6 is 0 Å². The fraction of sp³-hybridized carbons (Fsp3) is 0.174. The van der Waals surface area contributed by atoms with Gasteiger partial charge in [-0.3, -0.25) is 15.0 Å². The zero-order valence-corrected chi connectivity index (χ0v) is 18.5. The smallest absolute Gasteiger partial charge is 0.355 e. The highest BCUT2D eigenvalue weighted by molar-refractivity contribution is 6.07. The van der Waals surface area contributed by atoms with Gasteiger partial charge >= 0.3 is 11.9 Å². The number of nitro benzene ring substituents is 1. The molecule has 4 rings (SSSR count). The highest BCUT2D eigenvalue weighted by atomic mass is 16.7. The molecular weight excluding hydrogens is 460 g/mol. The molecule has 35 heavy (non-hydrogen) atoms. The van der Waals surface area contributed by atoms with Crippen LogP contribution in [0.15, 0.2) is 65.1 Å². The lowest BCUT2D eigenvalue weighted by molar-refractivity contribution is -0.384. The lowest BCUT2D eigenvalue weighted by Crippen LogP contribution is -2.41. The molecule has 12 nitrogen and oxygen atoms in total. The Hall–Kier alpha value is -5.05. The molecule has 178 valence electrons. The molecule has 2 aromatic carbocycles. The highest BCUT2D eigenvalue weighted by Crippen LogP contribution is 2.48. The Morgan fingerprint density at radius 2 is 1.77 bits per heavy atom. The molecule has 0 fully saturated rings. The largest absolute Gasteiger partial charge is 0.466 e. The van der Waals surface area contributed by atoms with E-state index in [-0.39, 0.29) is 40.9 Å². The van der Waals surface area contributed by atoms with Crippen molar-refractivity contribution in [1.29, 1.82) is 5.26 Å². The fourth-order valence-corrected chi connectivity index (χ4v) is 4.01. The van der Waals surface area contributed by atoms with E-state index in [1.165, 1.54) is 6.07 Å². The second kappa shape index (κ2) is 9.06. The average molecular weight is 478 g/mol. The summed E-state index contributed by atoms with van der Waals surface area (Å²) in [6.07, 6.45) is 0. The van der Waals surface area contributed by atoms with Gasteiger partial charge in [-0.1, -0.05) is 30.3 Å². The van der Waals surface area contributed by atoms with Gasteiger partial charge in [0.15, 0.2) is 11.5 Å². The molecule has 0 radical (unpaired) electrons. The maximum atomic E-state index is 13.1. The molecule has 0 saturated heterocycles. The zero-order chi connectivity index (χ0) is 25.3. The predicted octanol–water partition coefficient (Wildman–Crippen LogP) is 2.22. The number of allylic oxidation sites excluding steroid dienone is 1. The molecule has 12 heteroatoms. The number of nitrogens with zero attached hydrogens (tertiary/aromatic N) is 3. The van der Waals surface area contributed by atoms with E-state index in [4.69, 9.17) is 24.7 Å². The van der Waals surface area contributed by atoms with Crippen LogP contribution in [0.25, 0.3) is 0 Å². The van der Waals surface area contributed by atoms with Crippen molar-refractivity contribution in [2.75, 3.05) is 25.9 Å². The minimum absolute atomic E-state index is 0.111. The molecule has 2 N–H and O–H groups in total. The van der Waals surface area contributed by atoms with Gasteiger partial charge < -0.3 is 24.7 Å². The van der Waals surface area contributed by atoms with Crippen LogP contribution in [0.3, 0.4) is 0 Å². The Morgan fingerprint density at radius 3 is 2.34 bits per heavy atom. The summed E-state index contributed by atoms with van der Waals surface area (Å²) in [7, 11) is 2.18. The number of esters is 2. The maximum absolute atomic E-state index is 13.1. The second-order valence-corrected chi connectivity index (χ2v) is 7.29. The van der Waals surface area contributed by atoms with Crippen LogP contribution in [0.4, 0.5) is 11.4 Å². The molecule has 0 aliphatic carbocycles. The molecule has 1 unspecified atom stereocenters. The topological polar surface area (TPSA) is 167 Å². The number of carbonyl (C=O) groups excluding carboxylic acids is 2. The van der Waals surface area contributed by atoms with E-state index in [9.17, 15) is 25.0 Å². The van der Waals surface area contributed by atoms with Gasteiger partial charge in [-0.15, -0.1) is 0 Å². The van der Waals surface area contributed by atoms with Crippen molar-refractivity contribution in [2.45, 2.75) is 5.92 Å². The molecule has 0 saturated carbocycles. The number of anilines is 1. The number of carbonyl (C=O) groups is 2. The van der Waals surface area contributed by atoms with E-state index in [2.05, 4.69) is 0 Å². The number of nitro groups is 1. The number of nitriles is 1. The van der Waals surface area contributed by atoms with Gasteiger partial charge in [0.2, 0.25) is 6.79 Å². The van der Waals surface area contributed by atoms with Crippen LogP contribution in [-0.2, 0) is 19.1 Å². The maximum Gasteiger partial charge on any atom is 0.355 e. The van der Waals surface area contributed by atoms with Gasteiger partial charge in [0.25, 0.3) is 5.69 Å². The zero-order valence-electron chi connectivity index (χ0n) is 18.5.